The Morgan fingerprint density at radius 2 is 2.07 bits per heavy atom. The highest BCUT2D eigenvalue weighted by atomic mass is 35.5. The van der Waals surface area contributed by atoms with Gasteiger partial charge in [0.2, 0.25) is 0 Å². The van der Waals surface area contributed by atoms with Crippen molar-refractivity contribution in [2.45, 2.75) is 10.8 Å². The topological polar surface area (TPSA) is 26.0 Å². The molecule has 0 fully saturated rings. The fourth-order valence-corrected chi connectivity index (χ4v) is 2.20. The van der Waals surface area contributed by atoms with Gasteiger partial charge in [-0.15, -0.1) is 0 Å². The van der Waals surface area contributed by atoms with E-state index in [0.29, 0.717) is 16.1 Å². The summed E-state index contributed by atoms with van der Waals surface area (Å²) in [6.07, 6.45) is 0. The van der Waals surface area contributed by atoms with Gasteiger partial charge in [0.25, 0.3) is 0 Å². The van der Waals surface area contributed by atoms with Crippen LogP contribution in [-0.2, 0) is 5.75 Å². The molecule has 78 valence electrons. The first-order chi connectivity index (χ1) is 7.24. The number of nitrogens with zero attached hydrogens (tertiary/aromatic N) is 1. The lowest BCUT2D eigenvalue weighted by molar-refractivity contribution is 0.532. The second kappa shape index (κ2) is 4.92. The van der Waals surface area contributed by atoms with Crippen LogP contribution in [0.5, 0.6) is 0 Å². The average Bonchev–Trinajstić information content (AvgIpc) is 2.62. The molecular weight excluding hydrogens is 253 g/mol. The van der Waals surface area contributed by atoms with Crippen LogP contribution in [0.25, 0.3) is 0 Å². The van der Waals surface area contributed by atoms with Crippen molar-refractivity contribution in [1.82, 2.24) is 4.98 Å². The quantitative estimate of drug-likeness (QED) is 0.608. The Kier molecular flexibility index (Phi) is 3.57. The van der Waals surface area contributed by atoms with Crippen molar-refractivity contribution in [2.75, 3.05) is 0 Å². The first kappa shape index (κ1) is 10.9. The first-order valence-corrected chi connectivity index (χ1v) is 5.98. The summed E-state index contributed by atoms with van der Waals surface area (Å²) in [4.78, 5) is 4.15. The lowest BCUT2D eigenvalue weighted by Gasteiger charge is -1.98. The molecule has 5 heteroatoms. The predicted molar refractivity (Wildman–Crippen MR) is 62.5 cm³/mol. The van der Waals surface area contributed by atoms with Gasteiger partial charge in [-0.05, 0) is 35.9 Å². The standard InChI is InChI=1S/C10H7Cl2NOS/c11-8-2-1-3-10(13-8)15-6-7-4-5-9(12)14-7/h1-5H,6H2. The Hall–Kier alpha value is -0.640. The zero-order valence-corrected chi connectivity index (χ0v) is 9.94. The van der Waals surface area contributed by atoms with Gasteiger partial charge < -0.3 is 4.42 Å². The van der Waals surface area contributed by atoms with Crippen molar-refractivity contribution in [1.29, 1.82) is 0 Å². The van der Waals surface area contributed by atoms with Crippen LogP contribution < -0.4 is 0 Å². The molecule has 2 rings (SSSR count). The van der Waals surface area contributed by atoms with Gasteiger partial charge >= 0.3 is 0 Å². The molecule has 0 aliphatic carbocycles. The van der Waals surface area contributed by atoms with Gasteiger partial charge in [0.05, 0.1) is 10.8 Å². The molecule has 2 nitrogen and oxygen atoms in total. The molecule has 2 aromatic heterocycles. The van der Waals surface area contributed by atoms with E-state index in [9.17, 15) is 0 Å². The normalized spacial score (nSPS) is 10.5. The fourth-order valence-electron chi connectivity index (χ4n) is 1.04. The highest BCUT2D eigenvalue weighted by Crippen LogP contribution is 2.24. The van der Waals surface area contributed by atoms with E-state index in [1.807, 2.05) is 18.2 Å². The van der Waals surface area contributed by atoms with Crippen LogP contribution in [0.1, 0.15) is 5.76 Å². The van der Waals surface area contributed by atoms with Crippen LogP contribution >= 0.6 is 35.0 Å². The Bertz CT molecular complexity index is 458. The SMILES string of the molecule is Clc1cccc(SCc2ccc(Cl)o2)n1. The Morgan fingerprint density at radius 3 is 2.73 bits per heavy atom. The number of furan rings is 1. The Balaban J connectivity index is 1.99. The molecule has 0 aliphatic heterocycles. The molecular formula is C10H7Cl2NOS. The number of hydrogen-bond acceptors (Lipinski definition) is 3. The minimum atomic E-state index is 0.407. The van der Waals surface area contributed by atoms with E-state index in [4.69, 9.17) is 27.6 Å². The third-order valence-corrected chi connectivity index (χ3v) is 3.05. The van der Waals surface area contributed by atoms with Crippen LogP contribution in [0.3, 0.4) is 0 Å². The summed E-state index contributed by atoms with van der Waals surface area (Å²) < 4.78 is 5.22. The zero-order chi connectivity index (χ0) is 10.7. The third kappa shape index (κ3) is 3.16. The van der Waals surface area contributed by atoms with E-state index in [0.717, 1.165) is 10.8 Å². The second-order valence-corrected chi connectivity index (χ2v) is 4.55. The van der Waals surface area contributed by atoms with Crippen LogP contribution in [0.2, 0.25) is 10.4 Å². The summed E-state index contributed by atoms with van der Waals surface area (Å²) in [5.74, 6) is 1.52. The molecule has 0 N–H and O–H groups in total. The minimum Gasteiger partial charge on any atom is -0.449 e. The number of pyridine rings is 1. The van der Waals surface area contributed by atoms with E-state index in [1.54, 1.807) is 23.9 Å². The first-order valence-electron chi connectivity index (χ1n) is 4.23. The fraction of sp³-hybridized carbons (Fsp3) is 0.100. The van der Waals surface area contributed by atoms with E-state index >= 15 is 0 Å². The summed E-state index contributed by atoms with van der Waals surface area (Å²) in [5, 5.41) is 1.78. The molecule has 0 spiro atoms. The van der Waals surface area contributed by atoms with Crippen molar-refractivity contribution in [3.63, 3.8) is 0 Å². The highest BCUT2D eigenvalue weighted by Gasteiger charge is 2.02. The highest BCUT2D eigenvalue weighted by molar-refractivity contribution is 7.98. The zero-order valence-electron chi connectivity index (χ0n) is 7.61. The molecule has 0 amide bonds. The molecule has 0 aromatic carbocycles. The van der Waals surface area contributed by atoms with Gasteiger partial charge in [-0.3, -0.25) is 0 Å². The molecule has 0 radical (unpaired) electrons. The van der Waals surface area contributed by atoms with Gasteiger partial charge in [0.1, 0.15) is 10.9 Å². The lowest BCUT2D eigenvalue weighted by atomic mass is 10.5. The van der Waals surface area contributed by atoms with Crippen LogP contribution in [0.15, 0.2) is 39.8 Å². The summed E-state index contributed by atoms with van der Waals surface area (Å²) in [5.41, 5.74) is 0. The van der Waals surface area contributed by atoms with Crippen molar-refractivity contribution in [2.24, 2.45) is 0 Å². The Labute approximate surface area is 102 Å². The summed E-state index contributed by atoms with van der Waals surface area (Å²) >= 11 is 13.0. The maximum absolute atomic E-state index is 5.76. The molecule has 2 heterocycles. The van der Waals surface area contributed by atoms with Gasteiger partial charge in [-0.2, -0.15) is 0 Å². The van der Waals surface area contributed by atoms with Crippen molar-refractivity contribution >= 4 is 35.0 Å². The monoisotopic (exact) mass is 259 g/mol. The molecule has 0 atom stereocenters. The van der Waals surface area contributed by atoms with Gasteiger partial charge in [0, 0.05) is 0 Å². The van der Waals surface area contributed by atoms with E-state index in [-0.39, 0.29) is 0 Å². The average molecular weight is 260 g/mol. The Morgan fingerprint density at radius 1 is 1.20 bits per heavy atom. The molecule has 0 saturated heterocycles. The van der Waals surface area contributed by atoms with Crippen LogP contribution in [-0.4, -0.2) is 4.98 Å². The number of hydrogen-bond donors (Lipinski definition) is 0. The van der Waals surface area contributed by atoms with Crippen molar-refractivity contribution in [3.05, 3.63) is 46.5 Å². The van der Waals surface area contributed by atoms with E-state index in [2.05, 4.69) is 4.98 Å². The minimum absolute atomic E-state index is 0.407. The maximum atomic E-state index is 5.76. The molecule has 2 aromatic rings. The van der Waals surface area contributed by atoms with Crippen molar-refractivity contribution in [3.8, 4) is 0 Å². The lowest BCUT2D eigenvalue weighted by Crippen LogP contribution is -1.81. The maximum Gasteiger partial charge on any atom is 0.193 e. The van der Waals surface area contributed by atoms with Gasteiger partial charge in [-0.25, -0.2) is 4.98 Å². The smallest absolute Gasteiger partial charge is 0.193 e. The molecule has 15 heavy (non-hydrogen) atoms. The largest absolute Gasteiger partial charge is 0.449 e. The number of halogens is 2. The summed E-state index contributed by atoms with van der Waals surface area (Å²) in [6, 6.07) is 9.09. The summed E-state index contributed by atoms with van der Waals surface area (Å²) in [6.45, 7) is 0. The van der Waals surface area contributed by atoms with E-state index < -0.39 is 0 Å². The number of aromatic nitrogens is 1. The van der Waals surface area contributed by atoms with Crippen LogP contribution in [0, 0.1) is 0 Å². The molecule has 0 unspecified atom stereocenters. The number of rotatable bonds is 3. The second-order valence-electron chi connectivity index (χ2n) is 2.79. The van der Waals surface area contributed by atoms with Crippen LogP contribution in [0.4, 0.5) is 0 Å². The molecule has 0 bridgehead atoms. The van der Waals surface area contributed by atoms with Crippen molar-refractivity contribution < 1.29 is 4.42 Å². The third-order valence-electron chi connectivity index (χ3n) is 1.68. The number of thioether (sulfide) groups is 1. The van der Waals surface area contributed by atoms with Gasteiger partial charge in [-0.1, -0.05) is 29.4 Å². The molecule has 0 aliphatic rings. The van der Waals surface area contributed by atoms with Gasteiger partial charge in [0.15, 0.2) is 5.22 Å². The summed E-state index contributed by atoms with van der Waals surface area (Å²) in [7, 11) is 0. The molecule has 0 saturated carbocycles. The predicted octanol–water partition coefficient (Wildman–Crippen LogP) is 4.27. The van der Waals surface area contributed by atoms with E-state index in [1.165, 1.54) is 0 Å².